The Hall–Kier alpha value is -7.20. The van der Waals surface area contributed by atoms with Gasteiger partial charge in [0.15, 0.2) is 8.07 Å². The Morgan fingerprint density at radius 2 is 0.719 bits per heavy atom. The lowest BCUT2D eigenvalue weighted by molar-refractivity contribution is 1.17. The molecule has 0 bridgehead atoms. The Balaban J connectivity index is 1.25. The molecule has 0 aliphatic heterocycles. The fraction of sp³-hybridized carbons (Fsp3) is 0. The second kappa shape index (κ2) is 13.5. The van der Waals surface area contributed by atoms with Crippen LogP contribution in [-0.4, -0.2) is 17.2 Å². The number of aromatic nitrogens is 2. The van der Waals surface area contributed by atoms with Crippen molar-refractivity contribution in [2.45, 2.75) is 0 Å². The summed E-state index contributed by atoms with van der Waals surface area (Å²) in [6, 6.07) is 85.2. The zero-order valence-electron chi connectivity index (χ0n) is 31.3. The number of hydrogen-bond donors (Lipinski definition) is 0. The van der Waals surface area contributed by atoms with E-state index < -0.39 is 8.07 Å². The minimum atomic E-state index is -2.75. The van der Waals surface area contributed by atoms with Gasteiger partial charge in [-0.25, -0.2) is 0 Å². The van der Waals surface area contributed by atoms with E-state index in [-0.39, 0.29) is 0 Å². The molecular weight excluding hydrogens is 705 g/mol. The summed E-state index contributed by atoms with van der Waals surface area (Å²) in [5.41, 5.74) is 9.48. The molecule has 0 atom stereocenters. The molecule has 0 aliphatic rings. The number of nitrogens with zero attached hydrogens (tertiary/aromatic N) is 2. The van der Waals surface area contributed by atoms with E-state index in [0.29, 0.717) is 0 Å². The van der Waals surface area contributed by atoms with Gasteiger partial charge < -0.3 is 9.13 Å². The topological polar surface area (TPSA) is 9.86 Å². The molecule has 3 heteroatoms. The highest BCUT2D eigenvalue weighted by atomic mass is 28.3. The molecule has 2 aromatic heterocycles. The smallest absolute Gasteiger partial charge is 0.179 e. The minimum absolute atomic E-state index is 1.16. The van der Waals surface area contributed by atoms with Crippen molar-refractivity contribution in [3.05, 3.63) is 231 Å². The van der Waals surface area contributed by atoms with Crippen molar-refractivity contribution in [3.8, 4) is 22.5 Å². The summed E-state index contributed by atoms with van der Waals surface area (Å²) in [7, 11) is -2.75. The maximum Gasteiger partial charge on any atom is 0.179 e. The molecule has 268 valence electrons. The molecule has 0 amide bonds. The highest BCUT2D eigenvalue weighted by molar-refractivity contribution is 7.20. The van der Waals surface area contributed by atoms with Crippen LogP contribution in [0.2, 0.25) is 0 Å². The predicted octanol–water partition coefficient (Wildman–Crippen LogP) is 10.9. The number of benzene rings is 9. The van der Waals surface area contributed by atoms with Crippen molar-refractivity contribution in [2.24, 2.45) is 0 Å². The highest BCUT2D eigenvalue weighted by Gasteiger charge is 2.41. The standard InChI is InChI=1S/C54H38N2Si/c1-6-20-39(21-7-1)47-37-54-49(46-31-16-18-32-50(46)55(54)40-22-8-2-9-23-40)38-53(47)56-51-33-19-17-30-45(51)48-36-44(34-35-52(48)56)57(41-24-10-3-11-25-41,42-26-12-4-13-27-42)43-28-14-5-15-29-43/h1-38H. The molecule has 11 aromatic rings. The predicted molar refractivity (Wildman–Crippen MR) is 244 cm³/mol. The number of hydrogen-bond acceptors (Lipinski definition) is 0. The van der Waals surface area contributed by atoms with Crippen LogP contribution in [0, 0.1) is 0 Å². The van der Waals surface area contributed by atoms with Gasteiger partial charge in [-0.3, -0.25) is 0 Å². The average molecular weight is 743 g/mol. The van der Waals surface area contributed by atoms with Gasteiger partial charge in [0, 0.05) is 32.8 Å². The van der Waals surface area contributed by atoms with Gasteiger partial charge in [0.25, 0.3) is 0 Å². The third-order valence-corrected chi connectivity index (χ3v) is 16.6. The molecule has 0 fully saturated rings. The molecule has 0 spiro atoms. The van der Waals surface area contributed by atoms with E-state index >= 15 is 0 Å². The molecule has 9 aromatic carbocycles. The Bertz CT molecular complexity index is 3110. The maximum absolute atomic E-state index is 2.75. The molecule has 57 heavy (non-hydrogen) atoms. The van der Waals surface area contributed by atoms with Crippen molar-refractivity contribution < 1.29 is 0 Å². The molecule has 11 rings (SSSR count). The third-order valence-electron chi connectivity index (χ3n) is 11.9. The fourth-order valence-electron chi connectivity index (χ4n) is 9.42. The lowest BCUT2D eigenvalue weighted by Gasteiger charge is -2.34. The van der Waals surface area contributed by atoms with Gasteiger partial charge in [0.1, 0.15) is 0 Å². The average Bonchev–Trinajstić information content (AvgIpc) is 3.80. The first kappa shape index (κ1) is 33.2. The van der Waals surface area contributed by atoms with Gasteiger partial charge in [-0.05, 0) is 68.8 Å². The van der Waals surface area contributed by atoms with Crippen LogP contribution in [0.5, 0.6) is 0 Å². The van der Waals surface area contributed by atoms with E-state index in [4.69, 9.17) is 0 Å². The number of para-hydroxylation sites is 3. The number of fused-ring (bicyclic) bond motifs is 6. The molecule has 0 aliphatic carbocycles. The third kappa shape index (κ3) is 5.17. The summed E-state index contributed by atoms with van der Waals surface area (Å²) < 4.78 is 4.93. The highest BCUT2D eigenvalue weighted by Crippen LogP contribution is 2.41. The Labute approximate surface area is 333 Å². The van der Waals surface area contributed by atoms with Crippen LogP contribution in [0.25, 0.3) is 66.1 Å². The summed E-state index contributed by atoms with van der Waals surface area (Å²) in [5.74, 6) is 0. The van der Waals surface area contributed by atoms with Crippen molar-refractivity contribution in [1.29, 1.82) is 0 Å². The number of rotatable bonds is 7. The van der Waals surface area contributed by atoms with Crippen LogP contribution in [0.4, 0.5) is 0 Å². The monoisotopic (exact) mass is 742 g/mol. The molecule has 0 unspecified atom stereocenters. The Morgan fingerprint density at radius 3 is 1.28 bits per heavy atom. The summed E-state index contributed by atoms with van der Waals surface area (Å²) in [4.78, 5) is 0. The van der Waals surface area contributed by atoms with E-state index in [1.165, 1.54) is 81.2 Å². The van der Waals surface area contributed by atoms with E-state index in [0.717, 1.165) is 5.69 Å². The molecule has 2 nitrogen and oxygen atoms in total. The molecule has 0 N–H and O–H groups in total. The van der Waals surface area contributed by atoms with Gasteiger partial charge in [-0.2, -0.15) is 0 Å². The van der Waals surface area contributed by atoms with Crippen molar-refractivity contribution in [2.75, 3.05) is 0 Å². The van der Waals surface area contributed by atoms with Crippen LogP contribution in [0.15, 0.2) is 231 Å². The second-order valence-corrected chi connectivity index (χ2v) is 18.7. The van der Waals surface area contributed by atoms with Gasteiger partial charge in [0.05, 0.1) is 27.8 Å². The summed E-state index contributed by atoms with van der Waals surface area (Å²) in [5, 5.41) is 10.5. The first-order chi connectivity index (χ1) is 28.3. The maximum atomic E-state index is 2.52. The quantitative estimate of drug-likeness (QED) is 0.114. The summed E-state index contributed by atoms with van der Waals surface area (Å²) >= 11 is 0. The van der Waals surface area contributed by atoms with Crippen LogP contribution in [0.1, 0.15) is 0 Å². The minimum Gasteiger partial charge on any atom is -0.309 e. The largest absolute Gasteiger partial charge is 0.309 e. The van der Waals surface area contributed by atoms with E-state index in [2.05, 4.69) is 240 Å². The zero-order valence-corrected chi connectivity index (χ0v) is 32.3. The van der Waals surface area contributed by atoms with Crippen molar-refractivity contribution in [3.63, 3.8) is 0 Å². The first-order valence-electron chi connectivity index (χ1n) is 19.7. The molecular formula is C54H38N2Si. The Kier molecular flexibility index (Phi) is 7.87. The van der Waals surface area contributed by atoms with E-state index in [1.807, 2.05) is 0 Å². The van der Waals surface area contributed by atoms with E-state index in [9.17, 15) is 0 Å². The second-order valence-electron chi connectivity index (χ2n) is 14.9. The molecule has 2 heterocycles. The lowest BCUT2D eigenvalue weighted by Crippen LogP contribution is -2.74. The van der Waals surface area contributed by atoms with Crippen LogP contribution >= 0.6 is 0 Å². The van der Waals surface area contributed by atoms with Gasteiger partial charge in [-0.1, -0.05) is 188 Å². The molecule has 0 saturated carbocycles. The van der Waals surface area contributed by atoms with Crippen LogP contribution < -0.4 is 20.7 Å². The van der Waals surface area contributed by atoms with Crippen LogP contribution in [0.3, 0.4) is 0 Å². The lowest BCUT2D eigenvalue weighted by atomic mass is 10.0. The zero-order chi connectivity index (χ0) is 37.8. The van der Waals surface area contributed by atoms with Crippen molar-refractivity contribution in [1.82, 2.24) is 9.13 Å². The normalized spacial score (nSPS) is 11.9. The SMILES string of the molecule is c1ccc(-c2cc3c(cc2-n2c4ccccc4c4cc([Si](c5ccccc5)(c5ccccc5)c5ccccc5)ccc42)c2ccccc2n3-c2ccccc2)cc1. The molecule has 0 saturated heterocycles. The van der Waals surface area contributed by atoms with Gasteiger partial charge >= 0.3 is 0 Å². The van der Waals surface area contributed by atoms with Crippen LogP contribution in [-0.2, 0) is 0 Å². The summed E-state index contributed by atoms with van der Waals surface area (Å²) in [6.07, 6.45) is 0. The molecule has 0 radical (unpaired) electrons. The summed E-state index contributed by atoms with van der Waals surface area (Å²) in [6.45, 7) is 0. The van der Waals surface area contributed by atoms with Gasteiger partial charge in [0.2, 0.25) is 0 Å². The fourth-order valence-corrected chi connectivity index (χ4v) is 14.2. The van der Waals surface area contributed by atoms with E-state index in [1.54, 1.807) is 0 Å². The van der Waals surface area contributed by atoms with Gasteiger partial charge in [-0.15, -0.1) is 0 Å². The first-order valence-corrected chi connectivity index (χ1v) is 21.7. The van der Waals surface area contributed by atoms with Crippen molar-refractivity contribution >= 4 is 72.4 Å². The Morgan fingerprint density at radius 1 is 0.281 bits per heavy atom.